The van der Waals surface area contributed by atoms with Gasteiger partial charge in [0.2, 0.25) is 0 Å². The summed E-state index contributed by atoms with van der Waals surface area (Å²) in [5, 5.41) is 0.341. The van der Waals surface area contributed by atoms with E-state index >= 15 is 0 Å². The third-order valence-electron chi connectivity index (χ3n) is 3.37. The Bertz CT molecular complexity index is 797. The van der Waals surface area contributed by atoms with Gasteiger partial charge in [0.25, 0.3) is 5.24 Å². The molecule has 0 saturated heterocycles. The Morgan fingerprint density at radius 1 is 1.05 bits per heavy atom. The monoisotopic (exact) mass is 281 g/mol. The number of halogens is 1. The Kier molecular flexibility index (Phi) is 3.25. The number of hydrogen-bond donors (Lipinski definition) is 0. The second-order valence-corrected chi connectivity index (χ2v) is 5.03. The molecule has 0 spiro atoms. The van der Waals surface area contributed by atoms with Crippen LogP contribution >= 0.6 is 11.6 Å². The van der Waals surface area contributed by atoms with E-state index in [1.54, 1.807) is 6.07 Å². The van der Waals surface area contributed by atoms with Gasteiger partial charge >= 0.3 is 0 Å². The van der Waals surface area contributed by atoms with E-state index in [1.165, 1.54) is 0 Å². The predicted molar refractivity (Wildman–Crippen MR) is 82.1 cm³/mol. The van der Waals surface area contributed by atoms with Crippen LogP contribution in [0.4, 0.5) is 0 Å². The molecule has 0 unspecified atom stereocenters. The van der Waals surface area contributed by atoms with Crippen LogP contribution in [0.5, 0.6) is 0 Å². The molecule has 0 aliphatic carbocycles. The highest BCUT2D eigenvalue weighted by atomic mass is 35.5. The molecule has 0 amide bonds. The molecular formula is C17H12ClNO. The third-order valence-corrected chi connectivity index (χ3v) is 3.57. The van der Waals surface area contributed by atoms with Gasteiger partial charge in [0.15, 0.2) is 0 Å². The van der Waals surface area contributed by atoms with E-state index in [0.29, 0.717) is 5.56 Å². The molecule has 1 aromatic heterocycles. The van der Waals surface area contributed by atoms with Crippen molar-refractivity contribution >= 4 is 27.7 Å². The van der Waals surface area contributed by atoms with Crippen LogP contribution in [0.1, 0.15) is 15.9 Å². The van der Waals surface area contributed by atoms with Gasteiger partial charge in [0.05, 0.1) is 5.52 Å². The molecule has 0 bridgehead atoms. The van der Waals surface area contributed by atoms with Gasteiger partial charge in [-0.25, -0.2) is 0 Å². The summed E-state index contributed by atoms with van der Waals surface area (Å²) in [5.41, 5.74) is 4.38. The molecule has 0 aliphatic heterocycles. The highest BCUT2D eigenvalue weighted by Crippen LogP contribution is 2.27. The van der Waals surface area contributed by atoms with E-state index < -0.39 is 5.24 Å². The van der Waals surface area contributed by atoms with Crippen LogP contribution in [0.25, 0.3) is 22.0 Å². The lowest BCUT2D eigenvalue weighted by atomic mass is 10.0. The van der Waals surface area contributed by atoms with Crippen molar-refractivity contribution in [2.24, 2.45) is 0 Å². The summed E-state index contributed by atoms with van der Waals surface area (Å²) in [6.07, 6.45) is 1.83. The molecule has 3 heteroatoms. The van der Waals surface area contributed by atoms with Gasteiger partial charge in [0, 0.05) is 22.7 Å². The fourth-order valence-corrected chi connectivity index (χ4v) is 2.49. The number of carbonyl (C=O) groups excluding carboxylic acids is 1. The molecule has 20 heavy (non-hydrogen) atoms. The zero-order chi connectivity index (χ0) is 14.1. The van der Waals surface area contributed by atoms with Crippen molar-refractivity contribution in [1.29, 1.82) is 0 Å². The summed E-state index contributed by atoms with van der Waals surface area (Å²) >= 11 is 5.67. The second kappa shape index (κ2) is 5.06. The van der Waals surface area contributed by atoms with Crippen molar-refractivity contribution in [3.05, 3.63) is 65.9 Å². The van der Waals surface area contributed by atoms with Crippen molar-refractivity contribution in [2.75, 3.05) is 0 Å². The maximum atomic E-state index is 11.6. The number of rotatable bonds is 2. The van der Waals surface area contributed by atoms with Gasteiger partial charge in [-0.2, -0.15) is 0 Å². The standard InChI is InChI=1S/C17H12ClNO/c1-11-7-8-14(17(18)20)15-9-13(10-19-16(11)15)12-5-3-2-4-6-12/h2-10H,1H3. The Labute approximate surface area is 122 Å². The highest BCUT2D eigenvalue weighted by molar-refractivity contribution is 6.68. The SMILES string of the molecule is Cc1ccc(C(=O)Cl)c2cc(-c3ccccc3)cnc12. The molecule has 98 valence electrons. The van der Waals surface area contributed by atoms with Crippen LogP contribution in [0.3, 0.4) is 0 Å². The Morgan fingerprint density at radius 3 is 2.50 bits per heavy atom. The first-order valence-corrected chi connectivity index (χ1v) is 6.69. The molecule has 3 aromatic rings. The number of nitrogens with zero attached hydrogens (tertiary/aromatic N) is 1. The zero-order valence-corrected chi connectivity index (χ0v) is 11.7. The molecule has 0 aliphatic rings. The maximum absolute atomic E-state index is 11.6. The fourth-order valence-electron chi connectivity index (χ4n) is 2.32. The van der Waals surface area contributed by atoms with Crippen LogP contribution in [-0.2, 0) is 0 Å². The third kappa shape index (κ3) is 2.19. The van der Waals surface area contributed by atoms with Crippen LogP contribution in [0, 0.1) is 6.92 Å². The Morgan fingerprint density at radius 2 is 1.80 bits per heavy atom. The topological polar surface area (TPSA) is 30.0 Å². The fraction of sp³-hybridized carbons (Fsp3) is 0.0588. The van der Waals surface area contributed by atoms with Gasteiger partial charge in [-0.1, -0.05) is 36.4 Å². The number of benzene rings is 2. The Balaban J connectivity index is 2.29. The first-order valence-electron chi connectivity index (χ1n) is 6.31. The van der Waals surface area contributed by atoms with Crippen molar-refractivity contribution < 1.29 is 4.79 Å². The summed E-state index contributed by atoms with van der Waals surface area (Å²) in [5.74, 6) is 0. The predicted octanol–water partition coefficient (Wildman–Crippen LogP) is 4.59. The lowest BCUT2D eigenvalue weighted by molar-refractivity contribution is 0.108. The minimum Gasteiger partial charge on any atom is -0.276 e. The molecule has 3 rings (SSSR count). The van der Waals surface area contributed by atoms with Gasteiger partial charge in [-0.05, 0) is 41.8 Å². The number of carbonyl (C=O) groups is 1. The van der Waals surface area contributed by atoms with Crippen molar-refractivity contribution in [3.63, 3.8) is 0 Å². The minimum atomic E-state index is -0.456. The first-order chi connectivity index (χ1) is 9.66. The molecule has 0 radical (unpaired) electrons. The van der Waals surface area contributed by atoms with Crippen LogP contribution in [0.15, 0.2) is 54.7 Å². The van der Waals surface area contributed by atoms with Gasteiger partial charge in [-0.3, -0.25) is 9.78 Å². The van der Waals surface area contributed by atoms with E-state index in [-0.39, 0.29) is 0 Å². The number of hydrogen-bond acceptors (Lipinski definition) is 2. The quantitative estimate of drug-likeness (QED) is 0.643. The molecular weight excluding hydrogens is 270 g/mol. The summed E-state index contributed by atoms with van der Waals surface area (Å²) in [6, 6.07) is 15.5. The second-order valence-electron chi connectivity index (χ2n) is 4.69. The van der Waals surface area contributed by atoms with E-state index in [1.807, 2.05) is 55.6 Å². The highest BCUT2D eigenvalue weighted by Gasteiger charge is 2.11. The number of aryl methyl sites for hydroxylation is 1. The van der Waals surface area contributed by atoms with E-state index in [2.05, 4.69) is 4.98 Å². The lowest BCUT2D eigenvalue weighted by Crippen LogP contribution is -1.95. The molecule has 0 N–H and O–H groups in total. The normalized spacial score (nSPS) is 10.7. The molecule has 0 atom stereocenters. The van der Waals surface area contributed by atoms with Crippen LogP contribution in [0.2, 0.25) is 0 Å². The average molecular weight is 282 g/mol. The number of pyridine rings is 1. The van der Waals surface area contributed by atoms with E-state index in [4.69, 9.17) is 11.6 Å². The smallest absolute Gasteiger partial charge is 0.253 e. The summed E-state index contributed by atoms with van der Waals surface area (Å²) in [4.78, 5) is 16.0. The van der Waals surface area contributed by atoms with Crippen LogP contribution in [-0.4, -0.2) is 10.2 Å². The Hall–Kier alpha value is -2.19. The maximum Gasteiger partial charge on any atom is 0.253 e. The first kappa shape index (κ1) is 12.8. The lowest BCUT2D eigenvalue weighted by Gasteiger charge is -2.08. The van der Waals surface area contributed by atoms with Gasteiger partial charge in [0.1, 0.15) is 0 Å². The largest absolute Gasteiger partial charge is 0.276 e. The molecule has 0 fully saturated rings. The van der Waals surface area contributed by atoms with Gasteiger partial charge < -0.3 is 0 Å². The molecule has 2 nitrogen and oxygen atoms in total. The molecule has 0 saturated carbocycles. The van der Waals surface area contributed by atoms with Crippen molar-refractivity contribution in [1.82, 2.24) is 4.98 Å². The minimum absolute atomic E-state index is 0.456. The summed E-state index contributed by atoms with van der Waals surface area (Å²) in [7, 11) is 0. The van der Waals surface area contributed by atoms with E-state index in [0.717, 1.165) is 27.6 Å². The molecule has 1 heterocycles. The van der Waals surface area contributed by atoms with Crippen molar-refractivity contribution in [3.8, 4) is 11.1 Å². The van der Waals surface area contributed by atoms with Crippen molar-refractivity contribution in [2.45, 2.75) is 6.92 Å². The van der Waals surface area contributed by atoms with Crippen LogP contribution < -0.4 is 0 Å². The van der Waals surface area contributed by atoms with E-state index in [9.17, 15) is 4.79 Å². The summed E-state index contributed by atoms with van der Waals surface area (Å²) < 4.78 is 0. The summed E-state index contributed by atoms with van der Waals surface area (Å²) in [6.45, 7) is 1.97. The number of fused-ring (bicyclic) bond motifs is 1. The number of aromatic nitrogens is 1. The molecule has 2 aromatic carbocycles. The average Bonchev–Trinajstić information content (AvgIpc) is 2.48. The zero-order valence-electron chi connectivity index (χ0n) is 10.9. The van der Waals surface area contributed by atoms with Gasteiger partial charge in [-0.15, -0.1) is 0 Å².